The highest BCUT2D eigenvalue weighted by atomic mass is 32.2. The minimum atomic E-state index is -2.88. The second-order valence-electron chi connectivity index (χ2n) is 5.51. The molecule has 1 aromatic rings. The Morgan fingerprint density at radius 3 is 2.74 bits per heavy atom. The van der Waals surface area contributed by atoms with Gasteiger partial charge in [0.25, 0.3) is 0 Å². The van der Waals surface area contributed by atoms with Gasteiger partial charge in [-0.2, -0.15) is 5.26 Å². The minimum absolute atomic E-state index is 0.204. The van der Waals surface area contributed by atoms with Crippen molar-refractivity contribution in [1.29, 1.82) is 5.26 Å². The van der Waals surface area contributed by atoms with Gasteiger partial charge in [0.1, 0.15) is 0 Å². The van der Waals surface area contributed by atoms with Gasteiger partial charge in [0.2, 0.25) is 0 Å². The molecule has 1 aromatic carbocycles. The van der Waals surface area contributed by atoms with Gasteiger partial charge in [-0.25, -0.2) is 8.42 Å². The minimum Gasteiger partial charge on any atom is -0.306 e. The predicted molar refractivity (Wildman–Crippen MR) is 74.4 cm³/mol. The van der Waals surface area contributed by atoms with Crippen LogP contribution < -0.4 is 5.32 Å². The van der Waals surface area contributed by atoms with Crippen molar-refractivity contribution in [2.24, 2.45) is 0 Å². The van der Waals surface area contributed by atoms with E-state index in [1.807, 2.05) is 26.0 Å². The molecule has 0 aliphatic carbocycles. The first kappa shape index (κ1) is 14.0. The maximum Gasteiger partial charge on any atom is 0.152 e. The molecule has 1 N–H and O–H groups in total. The molecule has 0 aromatic heterocycles. The zero-order valence-corrected chi connectivity index (χ0v) is 12.0. The molecule has 2 rings (SSSR count). The first-order chi connectivity index (χ1) is 8.84. The van der Waals surface area contributed by atoms with Crippen molar-refractivity contribution in [1.82, 2.24) is 5.32 Å². The van der Waals surface area contributed by atoms with E-state index in [0.29, 0.717) is 18.5 Å². The van der Waals surface area contributed by atoms with Crippen LogP contribution in [0.15, 0.2) is 18.2 Å². The second kappa shape index (κ2) is 4.95. The molecule has 1 unspecified atom stereocenters. The van der Waals surface area contributed by atoms with Crippen LogP contribution in [0, 0.1) is 18.3 Å². The van der Waals surface area contributed by atoms with E-state index in [0.717, 1.165) is 11.1 Å². The van der Waals surface area contributed by atoms with Gasteiger partial charge in [0, 0.05) is 12.1 Å². The lowest BCUT2D eigenvalue weighted by Crippen LogP contribution is -2.42. The van der Waals surface area contributed by atoms with E-state index >= 15 is 0 Å². The highest BCUT2D eigenvalue weighted by Gasteiger charge is 2.37. The molecule has 4 nitrogen and oxygen atoms in total. The highest BCUT2D eigenvalue weighted by molar-refractivity contribution is 7.91. The molecule has 0 spiro atoms. The summed E-state index contributed by atoms with van der Waals surface area (Å²) in [6, 6.07) is 7.68. The largest absolute Gasteiger partial charge is 0.306 e. The molecule has 0 bridgehead atoms. The van der Waals surface area contributed by atoms with Crippen LogP contribution in [-0.2, 0) is 16.4 Å². The van der Waals surface area contributed by atoms with Crippen molar-refractivity contribution in [3.8, 4) is 6.07 Å². The van der Waals surface area contributed by atoms with Gasteiger partial charge < -0.3 is 5.32 Å². The molecule has 5 heteroatoms. The van der Waals surface area contributed by atoms with Gasteiger partial charge in [-0.05, 0) is 43.5 Å². The monoisotopic (exact) mass is 278 g/mol. The van der Waals surface area contributed by atoms with Gasteiger partial charge in [-0.3, -0.25) is 0 Å². The maximum absolute atomic E-state index is 11.5. The summed E-state index contributed by atoms with van der Waals surface area (Å²) in [6.07, 6.45) is 0.657. The Kier molecular flexibility index (Phi) is 3.66. The van der Waals surface area contributed by atoms with E-state index in [2.05, 4.69) is 11.4 Å². The normalized spacial score (nSPS) is 25.1. The summed E-state index contributed by atoms with van der Waals surface area (Å²) in [5.41, 5.74) is 2.47. The van der Waals surface area contributed by atoms with E-state index in [-0.39, 0.29) is 17.0 Å². The fourth-order valence-corrected chi connectivity index (χ4v) is 4.55. The Morgan fingerprint density at radius 2 is 2.21 bits per heavy atom. The molecule has 1 fully saturated rings. The first-order valence-corrected chi connectivity index (χ1v) is 8.11. The Morgan fingerprint density at radius 1 is 1.47 bits per heavy atom. The topological polar surface area (TPSA) is 70.0 Å². The third kappa shape index (κ3) is 3.34. The molecule has 1 atom stereocenters. The number of hydrogen-bond donors (Lipinski definition) is 1. The smallest absolute Gasteiger partial charge is 0.152 e. The van der Waals surface area contributed by atoms with Crippen molar-refractivity contribution in [3.05, 3.63) is 34.9 Å². The number of hydrogen-bond acceptors (Lipinski definition) is 4. The van der Waals surface area contributed by atoms with Crippen molar-refractivity contribution in [2.45, 2.75) is 32.4 Å². The highest BCUT2D eigenvalue weighted by Crippen LogP contribution is 2.23. The molecule has 1 saturated heterocycles. The van der Waals surface area contributed by atoms with Crippen LogP contribution in [0.5, 0.6) is 0 Å². The Hall–Kier alpha value is -1.38. The van der Waals surface area contributed by atoms with Crippen LogP contribution in [0.2, 0.25) is 0 Å². The lowest BCUT2D eigenvalue weighted by atomic mass is 10.00. The van der Waals surface area contributed by atoms with E-state index in [1.54, 1.807) is 6.07 Å². The SMILES string of the molecule is Cc1cc(C#N)ccc1CNC1(C)CCS(=O)(=O)C1. The quantitative estimate of drug-likeness (QED) is 0.910. The van der Waals surface area contributed by atoms with Gasteiger partial charge in [-0.1, -0.05) is 6.07 Å². The van der Waals surface area contributed by atoms with E-state index in [9.17, 15) is 8.42 Å². The average molecular weight is 278 g/mol. The molecule has 0 radical (unpaired) electrons. The number of nitriles is 1. The van der Waals surface area contributed by atoms with E-state index in [4.69, 9.17) is 5.26 Å². The van der Waals surface area contributed by atoms with Crippen LogP contribution in [0.3, 0.4) is 0 Å². The van der Waals surface area contributed by atoms with Crippen molar-refractivity contribution < 1.29 is 8.42 Å². The Balaban J connectivity index is 2.06. The van der Waals surface area contributed by atoms with Crippen LogP contribution in [0.25, 0.3) is 0 Å². The van der Waals surface area contributed by atoms with Crippen LogP contribution >= 0.6 is 0 Å². The molecule has 19 heavy (non-hydrogen) atoms. The van der Waals surface area contributed by atoms with Crippen LogP contribution in [0.1, 0.15) is 30.0 Å². The number of nitrogens with zero attached hydrogens (tertiary/aromatic N) is 1. The Bertz CT molecular complexity index is 631. The number of benzene rings is 1. The summed E-state index contributed by atoms with van der Waals surface area (Å²) in [4.78, 5) is 0. The fraction of sp³-hybridized carbons (Fsp3) is 0.500. The van der Waals surface area contributed by atoms with Gasteiger partial charge in [0.15, 0.2) is 9.84 Å². The predicted octanol–water partition coefficient (Wildman–Crippen LogP) is 1.53. The van der Waals surface area contributed by atoms with Crippen molar-refractivity contribution >= 4 is 9.84 Å². The zero-order chi connectivity index (χ0) is 14.1. The van der Waals surface area contributed by atoms with E-state index in [1.165, 1.54) is 0 Å². The van der Waals surface area contributed by atoms with Crippen molar-refractivity contribution in [3.63, 3.8) is 0 Å². The zero-order valence-electron chi connectivity index (χ0n) is 11.2. The summed E-state index contributed by atoms with van der Waals surface area (Å²) >= 11 is 0. The maximum atomic E-state index is 11.5. The van der Waals surface area contributed by atoms with Crippen molar-refractivity contribution in [2.75, 3.05) is 11.5 Å². The number of aryl methyl sites for hydroxylation is 1. The summed E-state index contributed by atoms with van der Waals surface area (Å²) in [5.74, 6) is 0.470. The lowest BCUT2D eigenvalue weighted by molar-refractivity contribution is 0.395. The molecule has 1 heterocycles. The third-order valence-corrected chi connectivity index (χ3v) is 5.58. The molecular weight excluding hydrogens is 260 g/mol. The molecule has 0 saturated carbocycles. The lowest BCUT2D eigenvalue weighted by Gasteiger charge is -2.24. The third-order valence-electron chi connectivity index (χ3n) is 3.68. The molecule has 102 valence electrons. The molecule has 0 amide bonds. The summed E-state index contributed by atoms with van der Waals surface area (Å²) < 4.78 is 23.1. The van der Waals surface area contributed by atoms with Crippen LogP contribution in [-0.4, -0.2) is 25.5 Å². The van der Waals surface area contributed by atoms with Gasteiger partial charge in [0.05, 0.1) is 23.1 Å². The first-order valence-electron chi connectivity index (χ1n) is 6.29. The second-order valence-corrected chi connectivity index (χ2v) is 7.69. The summed E-state index contributed by atoms with van der Waals surface area (Å²) in [7, 11) is -2.88. The van der Waals surface area contributed by atoms with Gasteiger partial charge in [-0.15, -0.1) is 0 Å². The summed E-state index contributed by atoms with van der Waals surface area (Å²) in [5, 5.41) is 12.2. The molecular formula is C14H18N2O2S. The summed E-state index contributed by atoms with van der Waals surface area (Å²) in [6.45, 7) is 4.55. The number of nitrogens with one attached hydrogen (secondary N) is 1. The fourth-order valence-electron chi connectivity index (χ4n) is 2.42. The number of sulfone groups is 1. The van der Waals surface area contributed by atoms with Gasteiger partial charge >= 0.3 is 0 Å². The van der Waals surface area contributed by atoms with E-state index < -0.39 is 9.84 Å². The molecule has 1 aliphatic heterocycles. The average Bonchev–Trinajstić information content (AvgIpc) is 2.62. The molecule has 1 aliphatic rings. The van der Waals surface area contributed by atoms with Crippen LogP contribution in [0.4, 0.5) is 0 Å². The Labute approximate surface area is 114 Å². The standard InChI is InChI=1S/C14H18N2O2S/c1-11-7-12(8-15)3-4-13(11)9-16-14(2)5-6-19(17,18)10-14/h3-4,7,16H,5-6,9-10H2,1-2H3. The number of rotatable bonds is 3.